The van der Waals surface area contributed by atoms with E-state index < -0.39 is 0 Å². The molecule has 0 spiro atoms. The van der Waals surface area contributed by atoms with E-state index in [-0.39, 0.29) is 0 Å². The van der Waals surface area contributed by atoms with Crippen LogP contribution in [0.2, 0.25) is 0 Å². The smallest absolute Gasteiger partial charge is 0.127 e. The molecule has 3 rings (SSSR count). The van der Waals surface area contributed by atoms with Crippen LogP contribution in [0.3, 0.4) is 0 Å². The van der Waals surface area contributed by atoms with Crippen LogP contribution in [-0.4, -0.2) is 48.2 Å². The Balaban J connectivity index is 1.82. The lowest BCUT2D eigenvalue weighted by atomic mass is 10.1. The quantitative estimate of drug-likeness (QED) is 0.818. The Morgan fingerprint density at radius 3 is 2.81 bits per heavy atom. The summed E-state index contributed by atoms with van der Waals surface area (Å²) >= 11 is 0. The third-order valence-electron chi connectivity index (χ3n) is 4.79. The average molecular weight is 373 g/mol. The lowest BCUT2D eigenvalue weighted by Crippen LogP contribution is -2.29. The van der Waals surface area contributed by atoms with Crippen LogP contribution in [0.5, 0.6) is 11.5 Å². The van der Waals surface area contributed by atoms with Crippen molar-refractivity contribution < 1.29 is 14.2 Å². The van der Waals surface area contributed by atoms with Crippen molar-refractivity contribution in [2.75, 3.05) is 33.5 Å². The molecule has 0 atom stereocenters. The molecule has 1 aromatic heterocycles. The van der Waals surface area contributed by atoms with Crippen LogP contribution >= 0.6 is 0 Å². The summed E-state index contributed by atoms with van der Waals surface area (Å²) in [5, 5.41) is 4.47. The minimum Gasteiger partial charge on any atom is -0.497 e. The highest BCUT2D eigenvalue weighted by Gasteiger charge is 2.16. The van der Waals surface area contributed by atoms with Crippen LogP contribution in [0.1, 0.15) is 44.0 Å². The Hall–Kier alpha value is -2.05. The Morgan fingerprint density at radius 2 is 2.00 bits per heavy atom. The van der Waals surface area contributed by atoms with Crippen LogP contribution in [-0.2, 0) is 17.8 Å². The molecular weight excluding hydrogens is 342 g/mol. The zero-order valence-corrected chi connectivity index (χ0v) is 16.7. The minimum atomic E-state index is 0.346. The maximum Gasteiger partial charge on any atom is 0.127 e. The van der Waals surface area contributed by atoms with Crippen LogP contribution in [0, 0.1) is 0 Å². The van der Waals surface area contributed by atoms with Crippen molar-refractivity contribution in [3.8, 4) is 11.5 Å². The Morgan fingerprint density at radius 1 is 1.15 bits per heavy atom. The minimum absolute atomic E-state index is 0.346. The van der Waals surface area contributed by atoms with Crippen molar-refractivity contribution in [3.63, 3.8) is 0 Å². The van der Waals surface area contributed by atoms with Gasteiger partial charge in [0.05, 0.1) is 26.0 Å². The molecule has 0 saturated carbocycles. The molecule has 6 heteroatoms. The number of rotatable bonds is 4. The van der Waals surface area contributed by atoms with E-state index in [1.165, 1.54) is 11.3 Å². The normalized spacial score (nSPS) is 16.9. The van der Waals surface area contributed by atoms with Crippen LogP contribution in [0.25, 0.3) is 0 Å². The monoisotopic (exact) mass is 373 g/mol. The van der Waals surface area contributed by atoms with Crippen LogP contribution in [0.4, 0.5) is 0 Å². The number of hydrogen-bond donors (Lipinski definition) is 0. The molecule has 0 amide bonds. The SMILES string of the molecule is COc1ccc2c(c1)OCCCCOCCN(Cc1ccnn1C(C)C)C2. The molecule has 0 bridgehead atoms. The first kappa shape index (κ1) is 19.7. The Bertz CT molecular complexity index is 714. The molecule has 0 radical (unpaired) electrons. The average Bonchev–Trinajstić information content (AvgIpc) is 3.12. The number of hydrogen-bond acceptors (Lipinski definition) is 5. The van der Waals surface area contributed by atoms with Crippen molar-refractivity contribution in [1.82, 2.24) is 14.7 Å². The molecule has 2 heterocycles. The van der Waals surface area contributed by atoms with Gasteiger partial charge in [-0.25, -0.2) is 0 Å². The molecule has 148 valence electrons. The molecule has 0 N–H and O–H groups in total. The van der Waals surface area contributed by atoms with Gasteiger partial charge in [-0.05, 0) is 38.8 Å². The summed E-state index contributed by atoms with van der Waals surface area (Å²) in [6.07, 6.45) is 3.89. The van der Waals surface area contributed by atoms with E-state index in [9.17, 15) is 0 Å². The van der Waals surface area contributed by atoms with Crippen LogP contribution < -0.4 is 9.47 Å². The second-order valence-corrected chi connectivity index (χ2v) is 7.21. The summed E-state index contributed by atoms with van der Waals surface area (Å²) in [5.41, 5.74) is 2.39. The van der Waals surface area contributed by atoms with Gasteiger partial charge in [0.1, 0.15) is 11.5 Å². The second kappa shape index (κ2) is 9.76. The van der Waals surface area contributed by atoms with Gasteiger partial charge in [-0.15, -0.1) is 0 Å². The van der Waals surface area contributed by atoms with Gasteiger partial charge < -0.3 is 14.2 Å². The molecule has 6 nitrogen and oxygen atoms in total. The standard InChI is InChI=1S/C21H31N3O3/c1-17(2)24-19(8-9-22-24)16-23-10-13-26-11-4-5-12-27-21-14-20(25-3)7-6-18(21)15-23/h6-9,14,17H,4-5,10-13,15-16H2,1-3H3. The lowest BCUT2D eigenvalue weighted by Gasteiger charge is -2.25. The highest BCUT2D eigenvalue weighted by Crippen LogP contribution is 2.27. The van der Waals surface area contributed by atoms with Gasteiger partial charge in [0.15, 0.2) is 0 Å². The Labute approximate surface area is 162 Å². The number of benzene rings is 1. The zero-order valence-electron chi connectivity index (χ0n) is 16.7. The van der Waals surface area contributed by atoms with Gasteiger partial charge >= 0.3 is 0 Å². The molecule has 0 saturated heterocycles. The van der Waals surface area contributed by atoms with Crippen molar-refractivity contribution in [2.45, 2.75) is 45.8 Å². The van der Waals surface area contributed by atoms with E-state index in [1.807, 2.05) is 18.3 Å². The van der Waals surface area contributed by atoms with E-state index in [1.54, 1.807) is 7.11 Å². The molecule has 1 aliphatic rings. The van der Waals surface area contributed by atoms with Crippen LogP contribution in [0.15, 0.2) is 30.5 Å². The number of aromatic nitrogens is 2. The van der Waals surface area contributed by atoms with Gasteiger partial charge in [-0.3, -0.25) is 9.58 Å². The molecular formula is C21H31N3O3. The first-order valence-corrected chi connectivity index (χ1v) is 9.79. The fraction of sp³-hybridized carbons (Fsp3) is 0.571. The van der Waals surface area contributed by atoms with E-state index in [0.29, 0.717) is 12.6 Å². The first-order valence-electron chi connectivity index (χ1n) is 9.79. The Kier molecular flexibility index (Phi) is 7.12. The second-order valence-electron chi connectivity index (χ2n) is 7.21. The van der Waals surface area contributed by atoms with E-state index in [0.717, 1.165) is 57.2 Å². The van der Waals surface area contributed by atoms with Gasteiger partial charge in [-0.2, -0.15) is 5.10 Å². The fourth-order valence-electron chi connectivity index (χ4n) is 3.33. The molecule has 0 unspecified atom stereocenters. The third-order valence-corrected chi connectivity index (χ3v) is 4.79. The maximum atomic E-state index is 6.07. The summed E-state index contributed by atoms with van der Waals surface area (Å²) in [6.45, 7) is 9.03. The van der Waals surface area contributed by atoms with Gasteiger partial charge in [0, 0.05) is 50.1 Å². The molecule has 27 heavy (non-hydrogen) atoms. The molecule has 2 aromatic rings. The topological polar surface area (TPSA) is 48.8 Å². The number of ether oxygens (including phenoxy) is 3. The van der Waals surface area contributed by atoms with Crippen molar-refractivity contribution >= 4 is 0 Å². The van der Waals surface area contributed by atoms with E-state index in [4.69, 9.17) is 14.2 Å². The molecule has 0 fully saturated rings. The number of fused-ring (bicyclic) bond motifs is 1. The van der Waals surface area contributed by atoms with Crippen molar-refractivity contribution in [1.29, 1.82) is 0 Å². The highest BCUT2D eigenvalue weighted by molar-refractivity contribution is 5.40. The number of methoxy groups -OCH3 is 1. The largest absolute Gasteiger partial charge is 0.497 e. The van der Waals surface area contributed by atoms with E-state index >= 15 is 0 Å². The van der Waals surface area contributed by atoms with E-state index in [2.05, 4.69) is 40.7 Å². The predicted octanol–water partition coefficient (Wildman–Crippen LogP) is 3.66. The summed E-state index contributed by atoms with van der Waals surface area (Å²) in [6, 6.07) is 8.55. The van der Waals surface area contributed by atoms with Gasteiger partial charge in [0.25, 0.3) is 0 Å². The van der Waals surface area contributed by atoms with Crippen molar-refractivity contribution in [3.05, 3.63) is 41.7 Å². The summed E-state index contributed by atoms with van der Waals surface area (Å²) in [4.78, 5) is 2.40. The summed E-state index contributed by atoms with van der Waals surface area (Å²) in [7, 11) is 1.69. The first-order chi connectivity index (χ1) is 13.2. The van der Waals surface area contributed by atoms with Crippen molar-refractivity contribution in [2.24, 2.45) is 0 Å². The molecule has 0 aliphatic carbocycles. The zero-order chi connectivity index (χ0) is 19.1. The third kappa shape index (κ3) is 5.47. The lowest BCUT2D eigenvalue weighted by molar-refractivity contribution is 0.0898. The molecule has 1 aromatic carbocycles. The van der Waals surface area contributed by atoms with Gasteiger partial charge in [-0.1, -0.05) is 6.07 Å². The number of nitrogens with zero attached hydrogens (tertiary/aromatic N) is 3. The van der Waals surface area contributed by atoms with Gasteiger partial charge in [0.2, 0.25) is 0 Å². The molecule has 1 aliphatic heterocycles. The fourth-order valence-corrected chi connectivity index (χ4v) is 3.33. The summed E-state index contributed by atoms with van der Waals surface area (Å²) in [5.74, 6) is 1.74. The maximum absolute atomic E-state index is 6.07. The predicted molar refractivity (Wildman–Crippen MR) is 105 cm³/mol. The summed E-state index contributed by atoms with van der Waals surface area (Å²) < 4.78 is 19.4. The highest BCUT2D eigenvalue weighted by atomic mass is 16.5.